The van der Waals surface area contributed by atoms with E-state index in [0.717, 1.165) is 28.0 Å². The minimum atomic E-state index is 0.0386. The number of benzene rings is 1. The average molecular weight is 338 g/mol. The minimum Gasteiger partial charge on any atom is -0.496 e. The number of aromatic nitrogens is 2. The molecule has 0 spiro atoms. The molecule has 1 atom stereocenters. The third kappa shape index (κ3) is 2.88. The van der Waals surface area contributed by atoms with E-state index in [9.17, 15) is 0 Å². The van der Waals surface area contributed by atoms with Crippen molar-refractivity contribution in [2.75, 3.05) is 13.7 Å². The summed E-state index contributed by atoms with van der Waals surface area (Å²) in [5, 5.41) is 7.83. The molecule has 1 aromatic carbocycles. The summed E-state index contributed by atoms with van der Waals surface area (Å²) in [6, 6.07) is 6.27. The highest BCUT2D eigenvalue weighted by atomic mass is 79.9. The van der Waals surface area contributed by atoms with Gasteiger partial charge in [0.1, 0.15) is 5.75 Å². The van der Waals surface area contributed by atoms with Crippen LogP contribution >= 0.6 is 15.9 Å². The molecule has 20 heavy (non-hydrogen) atoms. The molecule has 0 aliphatic rings. The van der Waals surface area contributed by atoms with E-state index in [0.29, 0.717) is 0 Å². The van der Waals surface area contributed by atoms with E-state index in [1.165, 1.54) is 5.56 Å². The molecule has 2 rings (SSSR count). The summed E-state index contributed by atoms with van der Waals surface area (Å²) in [7, 11) is 3.65. The van der Waals surface area contributed by atoms with Gasteiger partial charge in [-0.25, -0.2) is 0 Å². The molecule has 0 radical (unpaired) electrons. The number of aryl methyl sites for hydroxylation is 2. The molecule has 1 N–H and O–H groups in total. The monoisotopic (exact) mass is 337 g/mol. The van der Waals surface area contributed by atoms with Crippen LogP contribution in [0.5, 0.6) is 5.75 Å². The van der Waals surface area contributed by atoms with E-state index >= 15 is 0 Å². The Morgan fingerprint density at radius 1 is 1.45 bits per heavy atom. The maximum absolute atomic E-state index is 5.52. The number of hydrogen-bond acceptors (Lipinski definition) is 3. The summed E-state index contributed by atoms with van der Waals surface area (Å²) in [5.74, 6) is 0.884. The Morgan fingerprint density at radius 3 is 2.75 bits per heavy atom. The van der Waals surface area contributed by atoms with Gasteiger partial charge in [-0.05, 0) is 35.5 Å². The molecule has 0 aliphatic carbocycles. The predicted octanol–water partition coefficient (Wildman–Crippen LogP) is 3.20. The molecular formula is C15H20BrN3O. The summed E-state index contributed by atoms with van der Waals surface area (Å²) < 4.78 is 8.40. The van der Waals surface area contributed by atoms with Crippen molar-refractivity contribution in [3.63, 3.8) is 0 Å². The number of ether oxygens (including phenoxy) is 1. The molecule has 1 aromatic heterocycles. The maximum atomic E-state index is 5.52. The van der Waals surface area contributed by atoms with E-state index < -0.39 is 0 Å². The summed E-state index contributed by atoms with van der Waals surface area (Å²) in [6.07, 6.45) is 1.82. The highest BCUT2D eigenvalue weighted by Gasteiger charge is 2.23. The van der Waals surface area contributed by atoms with Gasteiger partial charge in [-0.2, -0.15) is 5.10 Å². The fraction of sp³-hybridized carbons (Fsp3) is 0.400. The number of hydrogen-bond donors (Lipinski definition) is 1. The molecule has 0 aliphatic heterocycles. The zero-order chi connectivity index (χ0) is 14.7. The Bertz CT molecular complexity index is 575. The fourth-order valence-corrected chi connectivity index (χ4v) is 2.96. The fourth-order valence-electron chi connectivity index (χ4n) is 2.38. The Kier molecular flexibility index (Phi) is 4.83. The molecule has 5 heteroatoms. The first-order valence-corrected chi connectivity index (χ1v) is 7.43. The van der Waals surface area contributed by atoms with Crippen LogP contribution in [-0.2, 0) is 7.05 Å². The number of rotatable bonds is 5. The maximum Gasteiger partial charge on any atom is 0.124 e. The smallest absolute Gasteiger partial charge is 0.124 e. The van der Waals surface area contributed by atoms with Crippen molar-refractivity contribution in [3.8, 4) is 5.75 Å². The highest BCUT2D eigenvalue weighted by Crippen LogP contribution is 2.34. The molecule has 2 aromatic rings. The second-order valence-electron chi connectivity index (χ2n) is 4.74. The average Bonchev–Trinajstić information content (AvgIpc) is 2.76. The molecule has 0 saturated heterocycles. The zero-order valence-electron chi connectivity index (χ0n) is 12.3. The Morgan fingerprint density at radius 2 is 2.20 bits per heavy atom. The Balaban J connectivity index is 2.57. The van der Waals surface area contributed by atoms with Crippen LogP contribution in [-0.4, -0.2) is 23.4 Å². The van der Waals surface area contributed by atoms with Crippen LogP contribution in [0.3, 0.4) is 0 Å². The van der Waals surface area contributed by atoms with Crippen molar-refractivity contribution in [3.05, 3.63) is 45.7 Å². The van der Waals surface area contributed by atoms with Gasteiger partial charge < -0.3 is 10.1 Å². The van der Waals surface area contributed by atoms with E-state index in [4.69, 9.17) is 4.74 Å². The lowest BCUT2D eigenvalue weighted by atomic mass is 10.00. The quantitative estimate of drug-likeness (QED) is 0.910. The van der Waals surface area contributed by atoms with Gasteiger partial charge >= 0.3 is 0 Å². The molecule has 4 nitrogen and oxygen atoms in total. The topological polar surface area (TPSA) is 39.1 Å². The standard InChI is InChI=1S/C15H20BrN3O/c1-5-17-14(15-12(16)9-18-19(15)3)11-8-10(2)6-7-13(11)20-4/h6-9,14,17H,5H2,1-4H3. The van der Waals surface area contributed by atoms with Crippen molar-refractivity contribution in [1.29, 1.82) is 0 Å². The molecule has 0 amide bonds. The van der Waals surface area contributed by atoms with E-state index in [2.05, 4.69) is 52.3 Å². The first kappa shape index (κ1) is 15.1. The first-order chi connectivity index (χ1) is 9.58. The van der Waals surface area contributed by atoms with Gasteiger partial charge in [0.25, 0.3) is 0 Å². The second kappa shape index (κ2) is 6.41. The van der Waals surface area contributed by atoms with E-state index in [1.807, 2.05) is 24.0 Å². The largest absolute Gasteiger partial charge is 0.496 e. The lowest BCUT2D eigenvalue weighted by Gasteiger charge is -2.22. The van der Waals surface area contributed by atoms with Crippen LogP contribution in [0.25, 0.3) is 0 Å². The second-order valence-corrected chi connectivity index (χ2v) is 5.59. The van der Waals surface area contributed by atoms with Gasteiger partial charge in [0, 0.05) is 12.6 Å². The lowest BCUT2D eigenvalue weighted by Crippen LogP contribution is -2.25. The van der Waals surface area contributed by atoms with E-state index in [-0.39, 0.29) is 6.04 Å². The number of nitrogens with one attached hydrogen (secondary N) is 1. The van der Waals surface area contributed by atoms with Crippen LogP contribution < -0.4 is 10.1 Å². The number of nitrogens with zero attached hydrogens (tertiary/aromatic N) is 2. The van der Waals surface area contributed by atoms with Gasteiger partial charge in [-0.3, -0.25) is 4.68 Å². The van der Waals surface area contributed by atoms with Crippen molar-refractivity contribution in [1.82, 2.24) is 15.1 Å². The third-order valence-electron chi connectivity index (χ3n) is 3.32. The van der Waals surface area contributed by atoms with Crippen molar-refractivity contribution < 1.29 is 4.74 Å². The van der Waals surface area contributed by atoms with Crippen LogP contribution in [0, 0.1) is 6.92 Å². The van der Waals surface area contributed by atoms with Crippen molar-refractivity contribution in [2.24, 2.45) is 7.05 Å². The summed E-state index contributed by atoms with van der Waals surface area (Å²) in [4.78, 5) is 0. The Labute approximate surface area is 128 Å². The predicted molar refractivity (Wildman–Crippen MR) is 84.2 cm³/mol. The molecule has 0 saturated carbocycles. The van der Waals surface area contributed by atoms with Gasteiger partial charge in [0.05, 0.1) is 29.5 Å². The van der Waals surface area contributed by atoms with Gasteiger partial charge in [0.15, 0.2) is 0 Å². The first-order valence-electron chi connectivity index (χ1n) is 6.63. The van der Waals surface area contributed by atoms with Crippen molar-refractivity contribution in [2.45, 2.75) is 19.9 Å². The molecule has 0 bridgehead atoms. The van der Waals surface area contributed by atoms with Crippen LogP contribution in [0.15, 0.2) is 28.9 Å². The highest BCUT2D eigenvalue weighted by molar-refractivity contribution is 9.10. The molecular weight excluding hydrogens is 318 g/mol. The molecule has 0 fully saturated rings. The summed E-state index contributed by atoms with van der Waals surface area (Å²) >= 11 is 3.59. The van der Waals surface area contributed by atoms with Gasteiger partial charge in [0.2, 0.25) is 0 Å². The van der Waals surface area contributed by atoms with Crippen LogP contribution in [0.4, 0.5) is 0 Å². The number of halogens is 1. The molecule has 1 unspecified atom stereocenters. The normalized spacial score (nSPS) is 12.4. The Hall–Kier alpha value is -1.33. The van der Waals surface area contributed by atoms with Crippen LogP contribution in [0.2, 0.25) is 0 Å². The minimum absolute atomic E-state index is 0.0386. The summed E-state index contributed by atoms with van der Waals surface area (Å²) in [5.41, 5.74) is 3.43. The van der Waals surface area contributed by atoms with Crippen LogP contribution in [0.1, 0.15) is 29.8 Å². The SMILES string of the molecule is CCNC(c1cc(C)ccc1OC)c1c(Br)cnn1C. The summed E-state index contributed by atoms with van der Waals surface area (Å²) in [6.45, 7) is 5.04. The molecule has 108 valence electrons. The zero-order valence-corrected chi connectivity index (χ0v) is 13.9. The third-order valence-corrected chi connectivity index (χ3v) is 3.93. The number of methoxy groups -OCH3 is 1. The van der Waals surface area contributed by atoms with E-state index in [1.54, 1.807) is 7.11 Å². The lowest BCUT2D eigenvalue weighted by molar-refractivity contribution is 0.402. The van der Waals surface area contributed by atoms with Crippen molar-refractivity contribution >= 4 is 15.9 Å². The van der Waals surface area contributed by atoms with Gasteiger partial charge in [-0.1, -0.05) is 24.6 Å². The van der Waals surface area contributed by atoms with Gasteiger partial charge in [-0.15, -0.1) is 0 Å². The molecule has 1 heterocycles.